The molecule has 2 aromatic rings. The molecular formula is C24H28N4O5. The third kappa shape index (κ3) is 7.06. The minimum absolute atomic E-state index is 0.0888. The lowest BCUT2D eigenvalue weighted by atomic mass is 10.0. The maximum absolute atomic E-state index is 12.8. The predicted molar refractivity (Wildman–Crippen MR) is 121 cm³/mol. The summed E-state index contributed by atoms with van der Waals surface area (Å²) in [5.74, 6) is -1.49. The average molecular weight is 453 g/mol. The molecule has 4 amide bonds. The second-order valence-corrected chi connectivity index (χ2v) is 7.81. The molecule has 3 rings (SSSR count). The van der Waals surface area contributed by atoms with Crippen molar-refractivity contribution in [2.75, 3.05) is 13.1 Å². The van der Waals surface area contributed by atoms with Crippen LogP contribution in [0.25, 0.3) is 0 Å². The fraction of sp³-hybridized carbons (Fsp3) is 0.333. The molecule has 1 saturated heterocycles. The van der Waals surface area contributed by atoms with Gasteiger partial charge < -0.3 is 26.0 Å². The Bertz CT molecular complexity index is 967. The molecular weight excluding hydrogens is 424 g/mol. The number of carbonyl (C=O) groups excluding carboxylic acids is 4. The second-order valence-electron chi connectivity index (χ2n) is 7.81. The lowest BCUT2D eigenvalue weighted by Gasteiger charge is -2.26. The number of primary amides is 1. The van der Waals surface area contributed by atoms with Gasteiger partial charge in [-0.3, -0.25) is 14.4 Å². The van der Waals surface area contributed by atoms with Crippen molar-refractivity contribution < 1.29 is 23.9 Å². The van der Waals surface area contributed by atoms with Crippen molar-refractivity contribution in [1.29, 1.82) is 0 Å². The third-order valence-corrected chi connectivity index (χ3v) is 5.42. The topological polar surface area (TPSA) is 131 Å². The Morgan fingerprint density at radius 3 is 2.27 bits per heavy atom. The van der Waals surface area contributed by atoms with Crippen LogP contribution in [0, 0.1) is 0 Å². The average Bonchev–Trinajstić information content (AvgIpc) is 3.32. The number of rotatable bonds is 9. The van der Waals surface area contributed by atoms with Crippen molar-refractivity contribution >= 4 is 23.8 Å². The van der Waals surface area contributed by atoms with Gasteiger partial charge in [0.25, 0.3) is 0 Å². The zero-order valence-electron chi connectivity index (χ0n) is 18.2. The quantitative estimate of drug-likeness (QED) is 0.525. The van der Waals surface area contributed by atoms with Crippen molar-refractivity contribution in [1.82, 2.24) is 15.5 Å². The smallest absolute Gasteiger partial charge is 0.407 e. The Morgan fingerprint density at radius 2 is 1.64 bits per heavy atom. The highest BCUT2D eigenvalue weighted by molar-refractivity contribution is 5.93. The van der Waals surface area contributed by atoms with E-state index in [-0.39, 0.29) is 19.6 Å². The lowest BCUT2D eigenvalue weighted by Crippen LogP contribution is -2.54. The van der Waals surface area contributed by atoms with Gasteiger partial charge in [0.15, 0.2) is 0 Å². The molecule has 0 bridgehead atoms. The largest absolute Gasteiger partial charge is 0.445 e. The Balaban J connectivity index is 1.49. The van der Waals surface area contributed by atoms with Crippen molar-refractivity contribution in [2.45, 2.75) is 38.0 Å². The summed E-state index contributed by atoms with van der Waals surface area (Å²) in [7, 11) is 0. The summed E-state index contributed by atoms with van der Waals surface area (Å²) < 4.78 is 5.10. The highest BCUT2D eigenvalue weighted by Crippen LogP contribution is 2.18. The van der Waals surface area contributed by atoms with E-state index in [1.807, 2.05) is 60.7 Å². The van der Waals surface area contributed by atoms with Crippen LogP contribution in [0.3, 0.4) is 0 Å². The summed E-state index contributed by atoms with van der Waals surface area (Å²) >= 11 is 0. The first kappa shape index (κ1) is 23.8. The number of ether oxygens (including phenoxy) is 1. The summed E-state index contributed by atoms with van der Waals surface area (Å²) in [6.07, 6.45) is 0.649. The zero-order chi connectivity index (χ0) is 23.6. The number of hydrogen-bond acceptors (Lipinski definition) is 5. The van der Waals surface area contributed by atoms with Gasteiger partial charge >= 0.3 is 6.09 Å². The maximum atomic E-state index is 12.8. The summed E-state index contributed by atoms with van der Waals surface area (Å²) in [4.78, 5) is 50.7. The molecule has 9 nitrogen and oxygen atoms in total. The second kappa shape index (κ2) is 11.7. The third-order valence-electron chi connectivity index (χ3n) is 5.42. The molecule has 1 fully saturated rings. The Morgan fingerprint density at radius 1 is 1.00 bits per heavy atom. The number of amides is 4. The summed E-state index contributed by atoms with van der Waals surface area (Å²) in [6.45, 7) is 0.184. The van der Waals surface area contributed by atoms with E-state index in [4.69, 9.17) is 10.5 Å². The molecule has 0 spiro atoms. The van der Waals surface area contributed by atoms with E-state index in [9.17, 15) is 19.2 Å². The van der Waals surface area contributed by atoms with Gasteiger partial charge in [0.05, 0.1) is 0 Å². The molecule has 174 valence electrons. The first-order valence-corrected chi connectivity index (χ1v) is 10.8. The molecule has 0 radical (unpaired) electrons. The lowest BCUT2D eigenvalue weighted by molar-refractivity contribution is -0.138. The first-order valence-electron chi connectivity index (χ1n) is 10.8. The Labute approximate surface area is 192 Å². The van der Waals surface area contributed by atoms with Gasteiger partial charge in [0.1, 0.15) is 25.2 Å². The Kier molecular flexibility index (Phi) is 8.40. The van der Waals surface area contributed by atoms with Crippen molar-refractivity contribution in [3.05, 3.63) is 71.8 Å². The molecule has 4 N–H and O–H groups in total. The molecule has 33 heavy (non-hydrogen) atoms. The van der Waals surface area contributed by atoms with Gasteiger partial charge in [-0.2, -0.15) is 0 Å². The van der Waals surface area contributed by atoms with Crippen LogP contribution in [-0.4, -0.2) is 53.9 Å². The molecule has 1 heterocycles. The minimum atomic E-state index is -0.886. The number of benzene rings is 2. The molecule has 0 aliphatic carbocycles. The van der Waals surface area contributed by atoms with Crippen LogP contribution < -0.4 is 16.4 Å². The van der Waals surface area contributed by atoms with E-state index in [1.54, 1.807) is 0 Å². The fourth-order valence-corrected chi connectivity index (χ4v) is 3.70. The predicted octanol–water partition coefficient (Wildman–Crippen LogP) is 1.12. The van der Waals surface area contributed by atoms with Gasteiger partial charge in [0.2, 0.25) is 17.7 Å². The van der Waals surface area contributed by atoms with Gasteiger partial charge in [0, 0.05) is 13.0 Å². The molecule has 0 unspecified atom stereocenters. The summed E-state index contributed by atoms with van der Waals surface area (Å²) in [5.41, 5.74) is 7.17. The number of nitrogens with two attached hydrogens (primary N) is 1. The van der Waals surface area contributed by atoms with Crippen LogP contribution in [0.2, 0.25) is 0 Å². The zero-order valence-corrected chi connectivity index (χ0v) is 18.2. The summed E-state index contributed by atoms with van der Waals surface area (Å²) in [6, 6.07) is 16.8. The van der Waals surface area contributed by atoms with Gasteiger partial charge in [-0.1, -0.05) is 60.7 Å². The van der Waals surface area contributed by atoms with Crippen LogP contribution in [0.1, 0.15) is 24.0 Å². The highest BCUT2D eigenvalue weighted by Gasteiger charge is 2.35. The van der Waals surface area contributed by atoms with Gasteiger partial charge in [-0.25, -0.2) is 4.79 Å². The minimum Gasteiger partial charge on any atom is -0.445 e. The number of carbonyl (C=O) groups is 4. The van der Waals surface area contributed by atoms with Crippen LogP contribution >= 0.6 is 0 Å². The molecule has 1 aliphatic rings. The molecule has 0 aromatic heterocycles. The molecule has 0 saturated carbocycles. The highest BCUT2D eigenvalue weighted by atomic mass is 16.5. The monoisotopic (exact) mass is 452 g/mol. The molecule has 9 heteroatoms. The summed E-state index contributed by atoms with van der Waals surface area (Å²) in [5, 5.41) is 5.10. The van der Waals surface area contributed by atoms with Crippen molar-refractivity contribution in [3.63, 3.8) is 0 Å². The number of hydrogen-bond donors (Lipinski definition) is 3. The molecule has 2 atom stereocenters. The number of nitrogens with zero attached hydrogens (tertiary/aromatic N) is 1. The normalized spacial score (nSPS) is 16.0. The number of alkyl carbamates (subject to hydrolysis) is 1. The van der Waals surface area contributed by atoms with E-state index >= 15 is 0 Å². The van der Waals surface area contributed by atoms with Gasteiger partial charge in [-0.05, 0) is 24.0 Å². The van der Waals surface area contributed by atoms with E-state index in [2.05, 4.69) is 10.6 Å². The number of nitrogens with one attached hydrogen (secondary N) is 2. The van der Waals surface area contributed by atoms with Gasteiger partial charge in [-0.15, -0.1) is 0 Å². The van der Waals surface area contributed by atoms with Crippen LogP contribution in [0.5, 0.6) is 0 Å². The van der Waals surface area contributed by atoms with E-state index in [0.29, 0.717) is 19.4 Å². The van der Waals surface area contributed by atoms with Crippen molar-refractivity contribution in [3.8, 4) is 0 Å². The first-order chi connectivity index (χ1) is 15.9. The SMILES string of the molecule is NC(=O)[C@H](Cc1ccccc1)NC(=O)[C@@H]1CCCN1C(=O)CNC(=O)OCc1ccccc1. The maximum Gasteiger partial charge on any atom is 0.407 e. The van der Waals surface area contributed by atoms with Crippen LogP contribution in [0.15, 0.2) is 60.7 Å². The fourth-order valence-electron chi connectivity index (χ4n) is 3.70. The van der Waals surface area contributed by atoms with Crippen LogP contribution in [-0.2, 0) is 32.1 Å². The molecule has 2 aromatic carbocycles. The van der Waals surface area contributed by atoms with Crippen molar-refractivity contribution in [2.24, 2.45) is 5.73 Å². The standard InChI is InChI=1S/C24H28N4O5/c25-22(30)19(14-17-8-3-1-4-9-17)27-23(31)20-12-7-13-28(20)21(29)15-26-24(32)33-16-18-10-5-2-6-11-18/h1-6,8-11,19-20H,7,12-16H2,(H2,25,30)(H,26,32)(H,27,31)/t19-,20-/m0/s1. The van der Waals surface area contributed by atoms with E-state index in [0.717, 1.165) is 11.1 Å². The van der Waals surface area contributed by atoms with E-state index in [1.165, 1.54) is 4.90 Å². The number of likely N-dealkylation sites (tertiary alicyclic amines) is 1. The Hall–Kier alpha value is -3.88. The van der Waals surface area contributed by atoms with E-state index < -0.39 is 35.9 Å². The van der Waals surface area contributed by atoms with Crippen LogP contribution in [0.4, 0.5) is 4.79 Å². The molecule has 1 aliphatic heterocycles.